The maximum absolute atomic E-state index is 12.6. The quantitative estimate of drug-likeness (QED) is 0.789. The molecule has 0 spiro atoms. The highest BCUT2D eigenvalue weighted by molar-refractivity contribution is 6.21. The molecule has 0 bridgehead atoms. The van der Waals surface area contributed by atoms with E-state index >= 15 is 0 Å². The van der Waals surface area contributed by atoms with Gasteiger partial charge in [-0.15, -0.1) is 0 Å². The number of anilines is 2. The van der Waals surface area contributed by atoms with Crippen LogP contribution in [0.2, 0.25) is 0 Å². The van der Waals surface area contributed by atoms with Gasteiger partial charge in [-0.1, -0.05) is 27.7 Å². The zero-order chi connectivity index (χ0) is 20.4. The summed E-state index contributed by atoms with van der Waals surface area (Å²) in [6.07, 6.45) is 0.637. The normalized spacial score (nSPS) is 20.4. The van der Waals surface area contributed by atoms with Gasteiger partial charge >= 0.3 is 6.03 Å². The van der Waals surface area contributed by atoms with Crippen LogP contribution in [-0.4, -0.2) is 55.0 Å². The zero-order valence-electron chi connectivity index (χ0n) is 17.1. The lowest BCUT2D eigenvalue weighted by atomic mass is 10.0. The molecule has 1 N–H and O–H groups in total. The van der Waals surface area contributed by atoms with Crippen LogP contribution in [0, 0.1) is 11.8 Å². The molecule has 28 heavy (non-hydrogen) atoms. The molecule has 0 aromatic heterocycles. The molecule has 0 unspecified atom stereocenters. The van der Waals surface area contributed by atoms with E-state index in [4.69, 9.17) is 0 Å². The molecule has 7 heteroatoms. The number of rotatable bonds is 5. The van der Waals surface area contributed by atoms with E-state index in [1.807, 2.05) is 56.9 Å². The smallest absolute Gasteiger partial charge is 0.329 e. The van der Waals surface area contributed by atoms with Gasteiger partial charge in [0.2, 0.25) is 5.91 Å². The van der Waals surface area contributed by atoms with Crippen molar-refractivity contribution in [2.75, 3.05) is 36.0 Å². The number of hydrogen-bond donors (Lipinski definition) is 1. The van der Waals surface area contributed by atoms with Crippen molar-refractivity contribution in [3.05, 3.63) is 24.3 Å². The van der Waals surface area contributed by atoms with Crippen LogP contribution in [0.5, 0.6) is 0 Å². The van der Waals surface area contributed by atoms with Crippen molar-refractivity contribution in [2.45, 2.75) is 40.2 Å². The van der Waals surface area contributed by atoms with Crippen LogP contribution >= 0.6 is 0 Å². The number of carbonyl (C=O) groups is 3. The Balaban J connectivity index is 1.64. The van der Waals surface area contributed by atoms with Crippen LogP contribution in [-0.2, 0) is 9.59 Å². The summed E-state index contributed by atoms with van der Waals surface area (Å²) in [5.41, 5.74) is 1.62. The molecule has 7 nitrogen and oxygen atoms in total. The Kier molecular flexibility index (Phi) is 5.91. The molecule has 2 fully saturated rings. The second-order valence-electron chi connectivity index (χ2n) is 8.29. The van der Waals surface area contributed by atoms with Crippen molar-refractivity contribution in [1.82, 2.24) is 10.2 Å². The van der Waals surface area contributed by atoms with Gasteiger partial charge in [0.1, 0.15) is 6.04 Å². The predicted molar refractivity (Wildman–Crippen MR) is 109 cm³/mol. The lowest BCUT2D eigenvalue weighted by Crippen LogP contribution is -2.49. The second-order valence-corrected chi connectivity index (χ2v) is 8.29. The van der Waals surface area contributed by atoms with Crippen LogP contribution in [0.25, 0.3) is 0 Å². The van der Waals surface area contributed by atoms with Gasteiger partial charge in [0.15, 0.2) is 0 Å². The highest BCUT2D eigenvalue weighted by Gasteiger charge is 2.39. The Morgan fingerprint density at radius 3 is 2.11 bits per heavy atom. The number of amides is 4. The maximum Gasteiger partial charge on any atom is 0.329 e. The maximum atomic E-state index is 12.6. The van der Waals surface area contributed by atoms with Crippen molar-refractivity contribution in [3.8, 4) is 0 Å². The molecule has 0 aliphatic carbocycles. The van der Waals surface area contributed by atoms with Crippen molar-refractivity contribution in [2.24, 2.45) is 11.8 Å². The molecule has 2 aliphatic rings. The third kappa shape index (κ3) is 4.13. The van der Waals surface area contributed by atoms with Crippen molar-refractivity contribution in [3.63, 3.8) is 0 Å². The molecular weight excluding hydrogens is 356 g/mol. The van der Waals surface area contributed by atoms with E-state index in [1.165, 1.54) is 4.90 Å². The molecule has 1 aromatic carbocycles. The van der Waals surface area contributed by atoms with E-state index < -0.39 is 6.04 Å². The molecule has 0 radical (unpaired) electrons. The minimum Gasteiger partial charge on any atom is -0.368 e. The van der Waals surface area contributed by atoms with Crippen LogP contribution in [0.3, 0.4) is 0 Å². The number of hydrogen-bond acceptors (Lipinski definition) is 4. The molecule has 2 heterocycles. The minimum absolute atomic E-state index is 0.0227. The number of nitrogens with one attached hydrogen (secondary N) is 1. The molecule has 0 saturated carbocycles. The Labute approximate surface area is 166 Å². The molecule has 2 aliphatic heterocycles. The summed E-state index contributed by atoms with van der Waals surface area (Å²) < 4.78 is 0. The largest absolute Gasteiger partial charge is 0.368 e. The SMILES string of the molecule is CC(C)C[C@H]1NC(=O)N(c2ccc(N3CCN(C(=O)C(C)C)CC3)cc2)C1=O. The fourth-order valence-electron chi connectivity index (χ4n) is 3.77. The fourth-order valence-corrected chi connectivity index (χ4v) is 3.77. The summed E-state index contributed by atoms with van der Waals surface area (Å²) in [7, 11) is 0. The Bertz CT molecular complexity index is 737. The van der Waals surface area contributed by atoms with Crippen LogP contribution in [0.1, 0.15) is 34.1 Å². The first kappa shape index (κ1) is 20.2. The topological polar surface area (TPSA) is 73.0 Å². The predicted octanol–water partition coefficient (Wildman–Crippen LogP) is 2.46. The van der Waals surface area contributed by atoms with E-state index in [2.05, 4.69) is 10.2 Å². The first-order valence-electron chi connectivity index (χ1n) is 10.1. The molecular formula is C21H30N4O3. The zero-order valence-corrected chi connectivity index (χ0v) is 17.1. The molecule has 3 rings (SSSR count). The second kappa shape index (κ2) is 8.20. The first-order valence-corrected chi connectivity index (χ1v) is 10.1. The molecule has 4 amide bonds. The summed E-state index contributed by atoms with van der Waals surface area (Å²) in [6, 6.07) is 6.70. The van der Waals surface area contributed by atoms with E-state index in [1.54, 1.807) is 0 Å². The number of nitrogens with zero attached hydrogens (tertiary/aromatic N) is 3. The standard InChI is InChI=1S/C21H30N4O3/c1-14(2)13-18-20(27)25(21(28)22-18)17-7-5-16(6-8-17)23-9-11-24(12-10-23)19(26)15(3)4/h5-8,14-15,18H,9-13H2,1-4H3,(H,22,28)/t18-/m1/s1. The first-order chi connectivity index (χ1) is 13.3. The van der Waals surface area contributed by atoms with Gasteiger partial charge in [0.05, 0.1) is 5.69 Å². The summed E-state index contributed by atoms with van der Waals surface area (Å²) in [4.78, 5) is 42.3. The van der Waals surface area contributed by atoms with E-state index in [0.29, 0.717) is 31.1 Å². The number of urea groups is 1. The van der Waals surface area contributed by atoms with Crippen LogP contribution in [0.15, 0.2) is 24.3 Å². The number of piperazine rings is 1. The van der Waals surface area contributed by atoms with Gasteiger partial charge in [-0.3, -0.25) is 9.59 Å². The van der Waals surface area contributed by atoms with E-state index in [0.717, 1.165) is 18.8 Å². The third-order valence-electron chi connectivity index (χ3n) is 5.28. The average Bonchev–Trinajstić information content (AvgIpc) is 2.94. The third-order valence-corrected chi connectivity index (χ3v) is 5.28. The van der Waals surface area contributed by atoms with Gasteiger partial charge in [0, 0.05) is 37.8 Å². The molecule has 1 atom stereocenters. The van der Waals surface area contributed by atoms with Crippen LogP contribution < -0.4 is 15.1 Å². The van der Waals surface area contributed by atoms with E-state index in [-0.39, 0.29) is 23.8 Å². The fraction of sp³-hybridized carbons (Fsp3) is 0.571. The number of carbonyl (C=O) groups excluding carboxylic acids is 3. The molecule has 1 aromatic rings. The van der Waals surface area contributed by atoms with Crippen molar-refractivity contribution < 1.29 is 14.4 Å². The summed E-state index contributed by atoms with van der Waals surface area (Å²) in [5.74, 6) is 0.365. The Morgan fingerprint density at radius 1 is 1.00 bits per heavy atom. The van der Waals surface area contributed by atoms with Gasteiger partial charge in [-0.25, -0.2) is 9.69 Å². The van der Waals surface area contributed by atoms with Gasteiger partial charge < -0.3 is 15.1 Å². The number of benzene rings is 1. The lowest BCUT2D eigenvalue weighted by Gasteiger charge is -2.37. The summed E-state index contributed by atoms with van der Waals surface area (Å²) in [6.45, 7) is 10.9. The van der Waals surface area contributed by atoms with Crippen molar-refractivity contribution in [1.29, 1.82) is 0 Å². The summed E-state index contributed by atoms with van der Waals surface area (Å²) >= 11 is 0. The summed E-state index contributed by atoms with van der Waals surface area (Å²) in [5, 5.41) is 2.78. The van der Waals surface area contributed by atoms with Gasteiger partial charge in [-0.2, -0.15) is 0 Å². The van der Waals surface area contributed by atoms with E-state index in [9.17, 15) is 14.4 Å². The molecule has 2 saturated heterocycles. The lowest BCUT2D eigenvalue weighted by molar-refractivity contribution is -0.134. The minimum atomic E-state index is -0.446. The van der Waals surface area contributed by atoms with Crippen molar-refractivity contribution >= 4 is 29.2 Å². The number of imide groups is 1. The molecule has 152 valence electrons. The highest BCUT2D eigenvalue weighted by atomic mass is 16.2. The average molecular weight is 386 g/mol. The Hall–Kier alpha value is -2.57. The Morgan fingerprint density at radius 2 is 1.57 bits per heavy atom. The van der Waals surface area contributed by atoms with Gasteiger partial charge in [0.25, 0.3) is 5.91 Å². The monoisotopic (exact) mass is 386 g/mol. The van der Waals surface area contributed by atoms with Gasteiger partial charge in [-0.05, 0) is 36.6 Å². The highest BCUT2D eigenvalue weighted by Crippen LogP contribution is 2.26. The van der Waals surface area contributed by atoms with Crippen LogP contribution in [0.4, 0.5) is 16.2 Å².